The molecule has 218 valence electrons. The number of alkyl halides is 3. The molecule has 2 fully saturated rings. The molecule has 9 nitrogen and oxygen atoms in total. The number of halogens is 5. The number of anilines is 1. The highest BCUT2D eigenvalue weighted by atomic mass is 79.9. The van der Waals surface area contributed by atoms with Crippen LogP contribution in [0, 0.1) is 5.92 Å². The lowest BCUT2D eigenvalue weighted by Crippen LogP contribution is -2.43. The molecule has 2 saturated heterocycles. The first kappa shape index (κ1) is 29.0. The van der Waals surface area contributed by atoms with Crippen LogP contribution in [-0.2, 0) is 25.2 Å². The van der Waals surface area contributed by atoms with E-state index in [-0.39, 0.29) is 78.6 Å². The predicted octanol–water partition coefficient (Wildman–Crippen LogP) is 3.56. The minimum Gasteiger partial charge on any atom is -0.500 e. The van der Waals surface area contributed by atoms with Gasteiger partial charge in [0, 0.05) is 54.4 Å². The zero-order valence-corrected chi connectivity index (χ0v) is 23.3. The Bertz CT molecular complexity index is 1410. The number of nitrogens with one attached hydrogen (secondary N) is 1. The molecule has 1 aromatic rings. The summed E-state index contributed by atoms with van der Waals surface area (Å²) >= 11 is 3.12. The monoisotopic (exact) mass is 640 g/mol. The minimum absolute atomic E-state index is 0.0156. The molecule has 0 saturated carbocycles. The van der Waals surface area contributed by atoms with Gasteiger partial charge in [-0.25, -0.2) is 9.38 Å². The number of morpholine rings is 1. The number of hydrogen-bond acceptors (Lipinski definition) is 6. The molecule has 0 spiro atoms. The summed E-state index contributed by atoms with van der Waals surface area (Å²) in [4.78, 5) is 45.6. The van der Waals surface area contributed by atoms with Crippen LogP contribution in [0.1, 0.15) is 22.3 Å². The van der Waals surface area contributed by atoms with Crippen LogP contribution < -0.4 is 10.2 Å². The number of fused-ring (bicyclic) bond motifs is 1. The fourth-order valence-corrected chi connectivity index (χ4v) is 5.85. The highest BCUT2D eigenvalue weighted by molar-refractivity contribution is 9.10. The average Bonchev–Trinajstić information content (AvgIpc) is 3.38. The van der Waals surface area contributed by atoms with Gasteiger partial charge < -0.3 is 24.6 Å². The number of aliphatic imine (C=N–C) groups is 1. The van der Waals surface area contributed by atoms with Crippen LogP contribution in [-0.4, -0.2) is 80.9 Å². The van der Waals surface area contributed by atoms with E-state index in [0.29, 0.717) is 0 Å². The smallest absolute Gasteiger partial charge is 0.418 e. The molecular formula is C27H25BrF4N4O5. The van der Waals surface area contributed by atoms with E-state index in [1.807, 2.05) is 0 Å². The zero-order chi connectivity index (χ0) is 29.5. The van der Waals surface area contributed by atoms with Crippen molar-refractivity contribution in [3.63, 3.8) is 0 Å². The number of dihydropyridines is 1. The second-order valence-electron chi connectivity index (χ2n) is 9.84. The van der Waals surface area contributed by atoms with Gasteiger partial charge in [-0.05, 0) is 24.6 Å². The van der Waals surface area contributed by atoms with Crippen LogP contribution in [0.2, 0.25) is 0 Å². The van der Waals surface area contributed by atoms with Crippen LogP contribution in [0.3, 0.4) is 0 Å². The predicted molar refractivity (Wildman–Crippen MR) is 143 cm³/mol. The van der Waals surface area contributed by atoms with E-state index in [2.05, 4.69) is 26.2 Å². The van der Waals surface area contributed by atoms with Crippen molar-refractivity contribution in [3.05, 3.63) is 63.1 Å². The summed E-state index contributed by atoms with van der Waals surface area (Å²) in [6, 6.07) is 1.70. The summed E-state index contributed by atoms with van der Waals surface area (Å²) in [5.41, 5.74) is -1.33. The fourth-order valence-electron chi connectivity index (χ4n) is 5.40. The first-order valence-electron chi connectivity index (χ1n) is 12.8. The number of allylic oxidation sites excluding steroid dienone is 4. The van der Waals surface area contributed by atoms with Gasteiger partial charge >= 0.3 is 6.18 Å². The summed E-state index contributed by atoms with van der Waals surface area (Å²) in [5, 5.41) is 2.78. The number of carbonyl (C=O) groups is 3. The van der Waals surface area contributed by atoms with Gasteiger partial charge in [0.05, 0.1) is 48.8 Å². The molecular weight excluding hydrogens is 616 g/mol. The van der Waals surface area contributed by atoms with Crippen LogP contribution in [0.4, 0.5) is 23.2 Å². The van der Waals surface area contributed by atoms with Gasteiger partial charge in [0.25, 0.3) is 11.8 Å². The standard InChI is InChI=1S/C27H25BrF4N4O5/c1-40-21-11-15(29)10-20-23(21)17(12-22(37)34-20)25(38)33-16-2-3-36(13-16)24-18(26(39)35-4-6-41-7-5-35)8-14(28)9-19(24)27(30,31)32/h8-12,16,23H,2-7,13H2,1H3,(H,33,38)/t16-,23?/m1/s1. The summed E-state index contributed by atoms with van der Waals surface area (Å²) in [7, 11) is 1.30. The van der Waals surface area contributed by atoms with Gasteiger partial charge in [0.1, 0.15) is 11.6 Å². The van der Waals surface area contributed by atoms with Crippen molar-refractivity contribution < 1.29 is 41.4 Å². The molecule has 14 heteroatoms. The number of methoxy groups -OCH3 is 1. The molecule has 1 aromatic carbocycles. The van der Waals surface area contributed by atoms with Gasteiger partial charge in [0.2, 0.25) is 5.91 Å². The number of ether oxygens (including phenoxy) is 2. The van der Waals surface area contributed by atoms with E-state index in [0.717, 1.165) is 24.3 Å². The highest BCUT2D eigenvalue weighted by Gasteiger charge is 2.41. The van der Waals surface area contributed by atoms with Crippen molar-refractivity contribution in [2.45, 2.75) is 18.6 Å². The normalized spacial score (nSPS) is 22.8. The Morgan fingerprint density at radius 1 is 1.15 bits per heavy atom. The Kier molecular flexibility index (Phi) is 8.06. The van der Waals surface area contributed by atoms with Crippen LogP contribution in [0.5, 0.6) is 0 Å². The van der Waals surface area contributed by atoms with E-state index >= 15 is 0 Å². The second-order valence-corrected chi connectivity index (χ2v) is 10.8. The van der Waals surface area contributed by atoms with Crippen molar-refractivity contribution in [2.24, 2.45) is 10.9 Å². The largest absolute Gasteiger partial charge is 0.500 e. The number of benzene rings is 1. The van der Waals surface area contributed by atoms with Gasteiger partial charge in [-0.15, -0.1) is 0 Å². The average molecular weight is 641 g/mol. The Hall–Kier alpha value is -3.52. The van der Waals surface area contributed by atoms with Crippen molar-refractivity contribution in [1.82, 2.24) is 10.2 Å². The molecule has 3 aliphatic heterocycles. The van der Waals surface area contributed by atoms with E-state index in [9.17, 15) is 31.9 Å². The highest BCUT2D eigenvalue weighted by Crippen LogP contribution is 2.42. The molecule has 0 bridgehead atoms. The molecule has 0 radical (unpaired) electrons. The van der Waals surface area contributed by atoms with Crippen molar-refractivity contribution in [1.29, 1.82) is 0 Å². The van der Waals surface area contributed by atoms with E-state index in [1.54, 1.807) is 0 Å². The van der Waals surface area contributed by atoms with Crippen molar-refractivity contribution >= 4 is 45.1 Å². The molecule has 1 N–H and O–H groups in total. The van der Waals surface area contributed by atoms with E-state index in [4.69, 9.17) is 9.47 Å². The molecule has 3 amide bonds. The molecule has 4 aliphatic rings. The number of rotatable bonds is 5. The lowest BCUT2D eigenvalue weighted by Gasteiger charge is -2.31. The maximum absolute atomic E-state index is 14.2. The zero-order valence-electron chi connectivity index (χ0n) is 21.8. The maximum atomic E-state index is 14.2. The number of carbonyl (C=O) groups excluding carboxylic acids is 3. The summed E-state index contributed by atoms with van der Waals surface area (Å²) < 4.78 is 67.4. The van der Waals surface area contributed by atoms with Gasteiger partial charge in [-0.2, -0.15) is 13.2 Å². The third kappa shape index (κ3) is 5.94. The number of hydrogen-bond donors (Lipinski definition) is 1. The van der Waals surface area contributed by atoms with Crippen LogP contribution in [0.15, 0.2) is 57.0 Å². The number of nitrogens with zero attached hydrogens (tertiary/aromatic N) is 3. The third-order valence-electron chi connectivity index (χ3n) is 7.22. The molecule has 5 rings (SSSR count). The van der Waals surface area contributed by atoms with Gasteiger partial charge in [0.15, 0.2) is 0 Å². The first-order valence-corrected chi connectivity index (χ1v) is 13.6. The lowest BCUT2D eigenvalue weighted by atomic mass is 9.85. The fraction of sp³-hybridized carbons (Fsp3) is 0.407. The second kappa shape index (κ2) is 11.4. The molecule has 41 heavy (non-hydrogen) atoms. The van der Waals surface area contributed by atoms with Gasteiger partial charge in [-0.1, -0.05) is 15.9 Å². The molecule has 3 heterocycles. The quantitative estimate of drug-likeness (QED) is 0.494. The van der Waals surface area contributed by atoms with E-state index < -0.39 is 47.2 Å². The first-order chi connectivity index (χ1) is 19.5. The van der Waals surface area contributed by atoms with Crippen LogP contribution >= 0.6 is 15.9 Å². The van der Waals surface area contributed by atoms with Crippen molar-refractivity contribution in [3.8, 4) is 0 Å². The molecule has 1 aliphatic carbocycles. The Labute approximate surface area is 240 Å². The number of amides is 3. The molecule has 0 aromatic heterocycles. The SMILES string of the molecule is COC1=CC(F)=CC2=NC(=O)C=C(C(=O)N[C@@H]3CCN(c4c(C(=O)N5CCOCC5)cc(Br)cc4C(F)(F)F)C3)C12. The van der Waals surface area contributed by atoms with Crippen LogP contribution in [0.25, 0.3) is 0 Å². The Morgan fingerprint density at radius 3 is 2.56 bits per heavy atom. The maximum Gasteiger partial charge on any atom is 0.418 e. The molecule has 1 unspecified atom stereocenters. The minimum atomic E-state index is -4.75. The third-order valence-corrected chi connectivity index (χ3v) is 7.68. The Morgan fingerprint density at radius 2 is 1.88 bits per heavy atom. The summed E-state index contributed by atoms with van der Waals surface area (Å²) in [6.07, 6.45) is -1.30. The van der Waals surface area contributed by atoms with Gasteiger partial charge in [-0.3, -0.25) is 14.4 Å². The summed E-state index contributed by atoms with van der Waals surface area (Å²) in [5.74, 6) is -3.45. The van der Waals surface area contributed by atoms with E-state index in [1.165, 1.54) is 23.0 Å². The summed E-state index contributed by atoms with van der Waals surface area (Å²) in [6.45, 7) is 1.18. The topological polar surface area (TPSA) is 101 Å². The lowest BCUT2D eigenvalue weighted by molar-refractivity contribution is -0.137. The Balaban J connectivity index is 1.40. The molecule has 2 atom stereocenters. The van der Waals surface area contributed by atoms with Crippen molar-refractivity contribution in [2.75, 3.05) is 51.4 Å².